The lowest BCUT2D eigenvalue weighted by molar-refractivity contribution is -0.119. The first-order chi connectivity index (χ1) is 18.0. The van der Waals surface area contributed by atoms with Gasteiger partial charge < -0.3 is 14.8 Å². The Morgan fingerprint density at radius 2 is 1.63 bits per heavy atom. The lowest BCUT2D eigenvalue weighted by Crippen LogP contribution is -2.39. The predicted molar refractivity (Wildman–Crippen MR) is 148 cm³/mol. The van der Waals surface area contributed by atoms with Crippen molar-refractivity contribution in [3.63, 3.8) is 0 Å². The van der Waals surface area contributed by atoms with Crippen molar-refractivity contribution in [2.45, 2.75) is 0 Å². The number of sulfonamides is 1. The number of carbonyl (C=O) groups excluding carboxylic acids is 2. The van der Waals surface area contributed by atoms with Crippen LogP contribution in [-0.2, 0) is 19.6 Å². The fourth-order valence-electron chi connectivity index (χ4n) is 3.07. The van der Waals surface area contributed by atoms with Gasteiger partial charge in [-0.05, 0) is 72.3 Å². The number of hydrogen-bond donors (Lipinski definition) is 2. The van der Waals surface area contributed by atoms with Crippen LogP contribution in [0.1, 0.15) is 5.56 Å². The lowest BCUT2D eigenvalue weighted by Gasteiger charge is -2.22. The fraction of sp³-hybridized carbons (Fsp3) is 0.160. The molecule has 0 aliphatic rings. The number of hydrazone groups is 1. The van der Waals surface area contributed by atoms with Crippen LogP contribution in [0.15, 0.2) is 71.8 Å². The molecule has 2 N–H and O–H groups in total. The van der Waals surface area contributed by atoms with Gasteiger partial charge in [0.2, 0.25) is 10.0 Å². The Balaban J connectivity index is 1.50. The lowest BCUT2D eigenvalue weighted by atomic mass is 10.2. The standard InChI is InChI=1S/C25H24Cl2N4O6S/c1-36-20-10-6-19(7-11-20)29-25(33)16-37-21-8-3-17(4-9-21)14-28-30-24(32)15-31(38(2,34)35)23-13-18(26)5-12-22(23)27/h3-14H,15-16H2,1-2H3,(H,29,33)(H,30,32)/b28-14-. The van der Waals surface area contributed by atoms with Crippen LogP contribution in [0.4, 0.5) is 11.4 Å². The van der Waals surface area contributed by atoms with Gasteiger partial charge in [-0.3, -0.25) is 13.9 Å². The van der Waals surface area contributed by atoms with Gasteiger partial charge in [0.1, 0.15) is 18.0 Å². The molecule has 0 radical (unpaired) electrons. The van der Waals surface area contributed by atoms with Gasteiger partial charge in [-0.15, -0.1) is 0 Å². The third kappa shape index (κ3) is 8.65. The zero-order chi connectivity index (χ0) is 27.7. The van der Waals surface area contributed by atoms with Gasteiger partial charge in [0.15, 0.2) is 6.61 Å². The van der Waals surface area contributed by atoms with Gasteiger partial charge >= 0.3 is 0 Å². The van der Waals surface area contributed by atoms with Crippen LogP contribution in [-0.4, -0.2) is 53.0 Å². The summed E-state index contributed by atoms with van der Waals surface area (Å²) in [5.41, 5.74) is 3.59. The molecule has 200 valence electrons. The summed E-state index contributed by atoms with van der Waals surface area (Å²) < 4.78 is 35.9. The Hall–Kier alpha value is -3.80. The van der Waals surface area contributed by atoms with E-state index in [2.05, 4.69) is 15.8 Å². The van der Waals surface area contributed by atoms with E-state index >= 15 is 0 Å². The summed E-state index contributed by atoms with van der Waals surface area (Å²) in [4.78, 5) is 24.4. The molecule has 0 saturated heterocycles. The van der Waals surface area contributed by atoms with Gasteiger partial charge in [0.25, 0.3) is 11.8 Å². The minimum atomic E-state index is -3.84. The van der Waals surface area contributed by atoms with Crippen LogP contribution < -0.4 is 24.5 Å². The third-order valence-corrected chi connectivity index (χ3v) is 6.57. The van der Waals surface area contributed by atoms with Gasteiger partial charge in [-0.2, -0.15) is 5.10 Å². The molecule has 10 nitrogen and oxygen atoms in total. The van der Waals surface area contributed by atoms with E-state index in [1.54, 1.807) is 55.6 Å². The van der Waals surface area contributed by atoms with E-state index in [1.807, 2.05) is 0 Å². The molecule has 2 amide bonds. The average molecular weight is 579 g/mol. The van der Waals surface area contributed by atoms with Gasteiger partial charge in [-0.1, -0.05) is 23.2 Å². The van der Waals surface area contributed by atoms with Crippen LogP contribution in [0.5, 0.6) is 11.5 Å². The van der Waals surface area contributed by atoms with Crippen molar-refractivity contribution in [2.24, 2.45) is 5.10 Å². The maximum Gasteiger partial charge on any atom is 0.262 e. The van der Waals surface area contributed by atoms with E-state index < -0.39 is 22.5 Å². The molecule has 0 aliphatic carbocycles. The number of nitrogens with one attached hydrogen (secondary N) is 2. The number of nitrogens with zero attached hydrogens (tertiary/aromatic N) is 2. The Morgan fingerprint density at radius 1 is 0.974 bits per heavy atom. The number of carbonyl (C=O) groups is 2. The van der Waals surface area contributed by atoms with E-state index in [9.17, 15) is 18.0 Å². The van der Waals surface area contributed by atoms with E-state index in [4.69, 9.17) is 32.7 Å². The summed E-state index contributed by atoms with van der Waals surface area (Å²) >= 11 is 12.1. The number of rotatable bonds is 11. The first kappa shape index (κ1) is 28.8. The Kier molecular flexibility index (Phi) is 9.94. The summed E-state index contributed by atoms with van der Waals surface area (Å²) in [6.45, 7) is -0.745. The number of methoxy groups -OCH3 is 1. The minimum absolute atomic E-state index is 0.0778. The molecule has 3 aromatic carbocycles. The summed E-state index contributed by atoms with van der Waals surface area (Å²) in [7, 11) is -2.28. The van der Waals surface area contributed by atoms with Gasteiger partial charge in [-0.25, -0.2) is 13.8 Å². The molecule has 0 aromatic heterocycles. The topological polar surface area (TPSA) is 126 Å². The van der Waals surface area contributed by atoms with Crippen LogP contribution in [0.2, 0.25) is 10.0 Å². The molecule has 0 unspecified atom stereocenters. The Bertz CT molecular complexity index is 1410. The highest BCUT2D eigenvalue weighted by Gasteiger charge is 2.23. The van der Waals surface area contributed by atoms with Crippen LogP contribution in [0.25, 0.3) is 0 Å². The zero-order valence-corrected chi connectivity index (χ0v) is 22.7. The van der Waals surface area contributed by atoms with Crippen molar-refractivity contribution in [2.75, 3.05) is 36.1 Å². The highest BCUT2D eigenvalue weighted by atomic mass is 35.5. The van der Waals surface area contributed by atoms with E-state index in [-0.39, 0.29) is 28.2 Å². The second-order valence-corrected chi connectivity index (χ2v) is 10.5. The first-order valence-corrected chi connectivity index (χ1v) is 13.6. The van der Waals surface area contributed by atoms with Crippen molar-refractivity contribution in [3.8, 4) is 11.5 Å². The number of amides is 2. The number of ether oxygens (including phenoxy) is 2. The monoisotopic (exact) mass is 578 g/mol. The number of anilines is 2. The van der Waals surface area contributed by atoms with Crippen molar-refractivity contribution < 1.29 is 27.5 Å². The summed E-state index contributed by atoms with van der Waals surface area (Å²) in [5, 5.41) is 6.96. The largest absolute Gasteiger partial charge is 0.497 e. The molecule has 0 heterocycles. The van der Waals surface area contributed by atoms with Crippen molar-refractivity contribution in [3.05, 3.63) is 82.3 Å². The molecule has 0 fully saturated rings. The van der Waals surface area contributed by atoms with Crippen molar-refractivity contribution in [1.29, 1.82) is 0 Å². The Labute approximate surface area is 230 Å². The van der Waals surface area contributed by atoms with Crippen molar-refractivity contribution >= 4 is 62.6 Å². The molecule has 0 bridgehead atoms. The normalized spacial score (nSPS) is 11.2. The highest BCUT2D eigenvalue weighted by molar-refractivity contribution is 7.92. The quantitative estimate of drug-likeness (QED) is 0.262. The fourth-order valence-corrected chi connectivity index (χ4v) is 4.37. The molecular weight excluding hydrogens is 555 g/mol. The summed E-state index contributed by atoms with van der Waals surface area (Å²) in [6, 6.07) is 17.8. The molecule has 3 aromatic rings. The third-order valence-electron chi connectivity index (χ3n) is 4.89. The van der Waals surface area contributed by atoms with Crippen LogP contribution in [0.3, 0.4) is 0 Å². The maximum absolute atomic E-state index is 12.4. The molecule has 0 spiro atoms. The molecular formula is C25H24Cl2N4O6S. The second kappa shape index (κ2) is 13.1. The highest BCUT2D eigenvalue weighted by Crippen LogP contribution is 2.30. The number of hydrogen-bond acceptors (Lipinski definition) is 7. The smallest absolute Gasteiger partial charge is 0.262 e. The zero-order valence-electron chi connectivity index (χ0n) is 20.4. The maximum atomic E-state index is 12.4. The minimum Gasteiger partial charge on any atom is -0.497 e. The van der Waals surface area contributed by atoms with E-state index in [1.165, 1.54) is 24.4 Å². The summed E-state index contributed by atoms with van der Waals surface area (Å²) in [5.74, 6) is 0.121. The predicted octanol–water partition coefficient (Wildman–Crippen LogP) is 3.94. The second-order valence-electron chi connectivity index (χ2n) is 7.79. The molecule has 3 rings (SSSR count). The van der Waals surface area contributed by atoms with Crippen LogP contribution in [0, 0.1) is 0 Å². The number of benzene rings is 3. The van der Waals surface area contributed by atoms with Crippen LogP contribution >= 0.6 is 23.2 Å². The molecule has 38 heavy (non-hydrogen) atoms. The van der Waals surface area contributed by atoms with Crippen molar-refractivity contribution in [1.82, 2.24) is 5.43 Å². The molecule has 0 atom stereocenters. The van der Waals surface area contributed by atoms with Gasteiger partial charge in [0, 0.05) is 10.7 Å². The van der Waals surface area contributed by atoms with E-state index in [0.717, 1.165) is 10.6 Å². The first-order valence-electron chi connectivity index (χ1n) is 11.0. The molecule has 0 saturated carbocycles. The SMILES string of the molecule is COc1ccc(NC(=O)COc2ccc(/C=N\NC(=O)CN(c3cc(Cl)ccc3Cl)S(C)(=O)=O)cc2)cc1. The van der Waals surface area contributed by atoms with E-state index in [0.29, 0.717) is 22.7 Å². The number of halogens is 2. The van der Waals surface area contributed by atoms with Gasteiger partial charge in [0.05, 0.1) is 30.3 Å². The molecule has 0 aliphatic heterocycles. The Morgan fingerprint density at radius 3 is 2.26 bits per heavy atom. The average Bonchev–Trinajstić information content (AvgIpc) is 2.88. The molecule has 13 heteroatoms. The summed E-state index contributed by atoms with van der Waals surface area (Å²) in [6.07, 6.45) is 2.32.